The molecule has 0 bridgehead atoms. The third-order valence-corrected chi connectivity index (χ3v) is 6.75. The molecule has 1 saturated carbocycles. The van der Waals surface area contributed by atoms with Crippen molar-refractivity contribution in [1.29, 1.82) is 0 Å². The molecule has 3 amide bonds. The average molecular weight is 446 g/mol. The monoisotopic (exact) mass is 445 g/mol. The lowest BCUT2D eigenvalue weighted by atomic mass is 9.88. The van der Waals surface area contributed by atoms with Crippen molar-refractivity contribution in [1.82, 2.24) is 15.5 Å². The van der Waals surface area contributed by atoms with Crippen LogP contribution in [0.2, 0.25) is 5.02 Å². The highest BCUT2D eigenvalue weighted by atomic mass is 35.5. The van der Waals surface area contributed by atoms with Crippen LogP contribution in [0.5, 0.6) is 0 Å². The molecule has 2 aromatic rings. The Morgan fingerprint density at radius 1 is 1.03 bits per heavy atom. The SMILES string of the molecule is O=C(N[C@H](C(=O)NC1CC1)C1CCN(C(=O)c2ccc(Cl)cc2)CC1)c1cccs1. The minimum atomic E-state index is -0.590. The molecule has 158 valence electrons. The summed E-state index contributed by atoms with van der Waals surface area (Å²) in [6.07, 6.45) is 3.30. The van der Waals surface area contributed by atoms with Gasteiger partial charge in [0.05, 0.1) is 4.88 Å². The van der Waals surface area contributed by atoms with Gasteiger partial charge in [0, 0.05) is 29.7 Å². The minimum absolute atomic E-state index is 0.0121. The number of nitrogens with zero attached hydrogens (tertiary/aromatic N) is 1. The van der Waals surface area contributed by atoms with E-state index < -0.39 is 6.04 Å². The van der Waals surface area contributed by atoms with E-state index in [9.17, 15) is 14.4 Å². The Balaban J connectivity index is 1.40. The van der Waals surface area contributed by atoms with Gasteiger partial charge in [0.2, 0.25) is 5.91 Å². The third kappa shape index (κ3) is 5.02. The summed E-state index contributed by atoms with van der Waals surface area (Å²) in [6.45, 7) is 1.10. The molecular formula is C22H24ClN3O3S. The predicted octanol–water partition coefficient (Wildman–Crippen LogP) is 3.33. The van der Waals surface area contributed by atoms with Crippen LogP contribution in [-0.2, 0) is 4.79 Å². The first kappa shape index (κ1) is 20.9. The number of piperidine rings is 1. The Bertz CT molecular complexity index is 904. The summed E-state index contributed by atoms with van der Waals surface area (Å²) >= 11 is 7.26. The van der Waals surface area contributed by atoms with E-state index in [4.69, 9.17) is 11.6 Å². The van der Waals surface area contributed by atoms with Gasteiger partial charge < -0.3 is 15.5 Å². The molecule has 2 N–H and O–H groups in total. The molecule has 0 spiro atoms. The maximum absolute atomic E-state index is 12.9. The van der Waals surface area contributed by atoms with Gasteiger partial charge in [0.15, 0.2) is 0 Å². The number of hydrogen-bond acceptors (Lipinski definition) is 4. The number of rotatable bonds is 6. The number of benzene rings is 1. The summed E-state index contributed by atoms with van der Waals surface area (Å²) in [4.78, 5) is 40.6. The molecule has 0 radical (unpaired) electrons. The third-order valence-electron chi connectivity index (χ3n) is 5.63. The summed E-state index contributed by atoms with van der Waals surface area (Å²) in [5.41, 5.74) is 0.604. The maximum atomic E-state index is 12.9. The molecule has 1 aromatic carbocycles. The fourth-order valence-corrected chi connectivity index (χ4v) is 4.50. The molecule has 1 atom stereocenters. The molecule has 2 heterocycles. The highest BCUT2D eigenvalue weighted by Crippen LogP contribution is 2.25. The molecule has 2 aliphatic rings. The Morgan fingerprint density at radius 2 is 1.73 bits per heavy atom. The molecule has 4 rings (SSSR count). The number of nitrogens with one attached hydrogen (secondary N) is 2. The van der Waals surface area contributed by atoms with Gasteiger partial charge in [-0.1, -0.05) is 17.7 Å². The Kier molecular flexibility index (Phi) is 6.39. The lowest BCUT2D eigenvalue weighted by molar-refractivity contribution is -0.124. The second-order valence-corrected chi connectivity index (χ2v) is 9.23. The fourth-order valence-electron chi connectivity index (χ4n) is 3.75. The van der Waals surface area contributed by atoms with Crippen molar-refractivity contribution in [2.45, 2.75) is 37.8 Å². The summed E-state index contributed by atoms with van der Waals surface area (Å²) in [7, 11) is 0. The van der Waals surface area contributed by atoms with E-state index in [1.807, 2.05) is 11.4 Å². The van der Waals surface area contributed by atoms with Crippen LogP contribution in [0.25, 0.3) is 0 Å². The van der Waals surface area contributed by atoms with Crippen molar-refractivity contribution in [2.24, 2.45) is 5.92 Å². The highest BCUT2D eigenvalue weighted by Gasteiger charge is 2.36. The van der Waals surface area contributed by atoms with Gasteiger partial charge in [0.25, 0.3) is 11.8 Å². The van der Waals surface area contributed by atoms with E-state index in [0.29, 0.717) is 41.4 Å². The van der Waals surface area contributed by atoms with E-state index in [2.05, 4.69) is 10.6 Å². The number of carbonyl (C=O) groups is 3. The molecule has 0 unspecified atom stereocenters. The van der Waals surface area contributed by atoms with Crippen molar-refractivity contribution in [3.63, 3.8) is 0 Å². The predicted molar refractivity (Wildman–Crippen MR) is 117 cm³/mol. The molecule has 30 heavy (non-hydrogen) atoms. The molecule has 1 saturated heterocycles. The zero-order chi connectivity index (χ0) is 21.1. The topological polar surface area (TPSA) is 78.5 Å². The van der Waals surface area contributed by atoms with Gasteiger partial charge in [0.1, 0.15) is 6.04 Å². The number of thiophene rings is 1. The molecule has 1 aliphatic heterocycles. The zero-order valence-electron chi connectivity index (χ0n) is 16.5. The highest BCUT2D eigenvalue weighted by molar-refractivity contribution is 7.12. The van der Waals surface area contributed by atoms with Crippen LogP contribution in [0.1, 0.15) is 45.7 Å². The van der Waals surface area contributed by atoms with E-state index in [0.717, 1.165) is 12.8 Å². The van der Waals surface area contributed by atoms with Crippen molar-refractivity contribution in [2.75, 3.05) is 13.1 Å². The molecule has 2 fully saturated rings. The van der Waals surface area contributed by atoms with Gasteiger partial charge in [-0.15, -0.1) is 11.3 Å². The van der Waals surface area contributed by atoms with Crippen LogP contribution in [0.4, 0.5) is 0 Å². The second kappa shape index (κ2) is 9.18. The van der Waals surface area contributed by atoms with Crippen LogP contribution in [0.15, 0.2) is 41.8 Å². The van der Waals surface area contributed by atoms with Crippen molar-refractivity contribution >= 4 is 40.7 Å². The van der Waals surface area contributed by atoms with Crippen LogP contribution < -0.4 is 10.6 Å². The molecular weight excluding hydrogens is 422 g/mol. The first-order chi connectivity index (χ1) is 14.5. The second-order valence-electron chi connectivity index (χ2n) is 7.85. The normalized spacial score (nSPS) is 18.0. The average Bonchev–Trinajstić information content (AvgIpc) is 3.39. The van der Waals surface area contributed by atoms with Crippen LogP contribution >= 0.6 is 22.9 Å². The van der Waals surface area contributed by atoms with Gasteiger partial charge in [-0.2, -0.15) is 0 Å². The zero-order valence-corrected chi connectivity index (χ0v) is 18.0. The fraction of sp³-hybridized carbons (Fsp3) is 0.409. The summed E-state index contributed by atoms with van der Waals surface area (Å²) in [6, 6.07) is 10.1. The largest absolute Gasteiger partial charge is 0.352 e. The van der Waals surface area contributed by atoms with Crippen LogP contribution in [0.3, 0.4) is 0 Å². The first-order valence-corrected chi connectivity index (χ1v) is 11.5. The van der Waals surface area contributed by atoms with E-state index in [1.54, 1.807) is 35.2 Å². The number of carbonyl (C=O) groups excluding carboxylic acids is 3. The minimum Gasteiger partial charge on any atom is -0.352 e. The lowest BCUT2D eigenvalue weighted by Gasteiger charge is -2.35. The van der Waals surface area contributed by atoms with E-state index in [1.165, 1.54) is 11.3 Å². The standard InChI is InChI=1S/C22H24ClN3O3S/c23-16-5-3-15(4-6-16)22(29)26-11-9-14(10-12-26)19(21(28)24-17-7-8-17)25-20(27)18-2-1-13-30-18/h1-6,13-14,17,19H,7-12H2,(H,24,28)(H,25,27)/t19-/m0/s1. The van der Waals surface area contributed by atoms with Crippen molar-refractivity contribution in [3.05, 3.63) is 57.2 Å². The lowest BCUT2D eigenvalue weighted by Crippen LogP contribution is -2.54. The van der Waals surface area contributed by atoms with Crippen molar-refractivity contribution < 1.29 is 14.4 Å². The molecule has 1 aliphatic carbocycles. The molecule has 6 nitrogen and oxygen atoms in total. The maximum Gasteiger partial charge on any atom is 0.262 e. The Hall–Kier alpha value is -2.38. The van der Waals surface area contributed by atoms with Gasteiger partial charge >= 0.3 is 0 Å². The van der Waals surface area contributed by atoms with E-state index in [-0.39, 0.29) is 29.7 Å². The summed E-state index contributed by atoms with van der Waals surface area (Å²) < 4.78 is 0. The van der Waals surface area contributed by atoms with Crippen LogP contribution in [0, 0.1) is 5.92 Å². The Morgan fingerprint density at radius 3 is 2.33 bits per heavy atom. The molecule has 1 aromatic heterocycles. The number of hydrogen-bond donors (Lipinski definition) is 2. The summed E-state index contributed by atoms with van der Waals surface area (Å²) in [5.74, 6) is -0.390. The quantitative estimate of drug-likeness (QED) is 0.715. The van der Waals surface area contributed by atoms with E-state index >= 15 is 0 Å². The summed E-state index contributed by atoms with van der Waals surface area (Å²) in [5, 5.41) is 8.41. The number of halogens is 1. The number of likely N-dealkylation sites (tertiary alicyclic amines) is 1. The van der Waals surface area contributed by atoms with Crippen LogP contribution in [-0.4, -0.2) is 47.8 Å². The Labute approximate surface area is 184 Å². The van der Waals surface area contributed by atoms with Gasteiger partial charge in [-0.25, -0.2) is 0 Å². The number of amides is 3. The first-order valence-electron chi connectivity index (χ1n) is 10.2. The molecule has 8 heteroatoms. The van der Waals surface area contributed by atoms with Gasteiger partial charge in [-0.3, -0.25) is 14.4 Å². The van der Waals surface area contributed by atoms with Crippen molar-refractivity contribution in [3.8, 4) is 0 Å². The smallest absolute Gasteiger partial charge is 0.262 e. The van der Waals surface area contributed by atoms with Gasteiger partial charge in [-0.05, 0) is 67.3 Å².